The number of hydrogen-bond donors (Lipinski definition) is 2. The number of carbonyl (C=O) groups is 2. The highest BCUT2D eigenvalue weighted by Crippen LogP contribution is 2.20. The number of carboxylic acid groups (broad SMARTS) is 1. The van der Waals surface area contributed by atoms with Crippen molar-refractivity contribution in [2.75, 3.05) is 5.75 Å². The molecule has 0 heterocycles. The van der Waals surface area contributed by atoms with Crippen LogP contribution in [0.3, 0.4) is 0 Å². The maximum Gasteiger partial charge on any atom is 0.303 e. The number of unbranched alkanes of at least 4 members (excludes halogenated alkanes) is 10. The fourth-order valence-corrected chi connectivity index (χ4v) is 3.94. The number of allylic oxidation sites excluding steroid dienone is 1. The van der Waals surface area contributed by atoms with Crippen molar-refractivity contribution in [1.29, 1.82) is 0 Å². The van der Waals surface area contributed by atoms with Crippen LogP contribution in [0.4, 0.5) is 0 Å². The highest BCUT2D eigenvalue weighted by molar-refractivity contribution is 8.00. The molecule has 4 nitrogen and oxygen atoms in total. The first-order valence-electron chi connectivity index (χ1n) is 10.3. The van der Waals surface area contributed by atoms with Gasteiger partial charge in [-0.25, -0.2) is 0 Å². The van der Waals surface area contributed by atoms with Crippen molar-refractivity contribution in [3.05, 3.63) is 12.2 Å². The van der Waals surface area contributed by atoms with Gasteiger partial charge in [-0.3, -0.25) is 9.59 Å². The van der Waals surface area contributed by atoms with Gasteiger partial charge in [-0.1, -0.05) is 76.9 Å². The Balaban J connectivity index is 3.72. The maximum absolute atomic E-state index is 10.8. The predicted octanol–water partition coefficient (Wildman–Crippen LogP) is 5.70. The van der Waals surface area contributed by atoms with Gasteiger partial charge in [-0.2, -0.15) is 11.8 Å². The van der Waals surface area contributed by atoms with E-state index < -0.39 is 5.97 Å². The van der Waals surface area contributed by atoms with Crippen molar-refractivity contribution in [3.63, 3.8) is 0 Å². The topological polar surface area (TPSA) is 80.4 Å². The number of primary amides is 1. The van der Waals surface area contributed by atoms with Crippen LogP contribution in [0.1, 0.15) is 96.8 Å². The molecule has 0 radical (unpaired) electrons. The van der Waals surface area contributed by atoms with Crippen molar-refractivity contribution in [3.8, 4) is 0 Å². The van der Waals surface area contributed by atoms with Crippen molar-refractivity contribution in [2.45, 2.75) is 102 Å². The summed E-state index contributed by atoms with van der Waals surface area (Å²) in [7, 11) is 0. The first-order valence-corrected chi connectivity index (χ1v) is 11.4. The summed E-state index contributed by atoms with van der Waals surface area (Å²) in [6.45, 7) is 2.25. The van der Waals surface area contributed by atoms with Gasteiger partial charge in [0.15, 0.2) is 0 Å². The van der Waals surface area contributed by atoms with Gasteiger partial charge in [-0.15, -0.1) is 0 Å². The molecule has 0 aromatic heterocycles. The van der Waals surface area contributed by atoms with E-state index in [-0.39, 0.29) is 17.6 Å². The summed E-state index contributed by atoms with van der Waals surface area (Å²) < 4.78 is 0. The lowest BCUT2D eigenvalue weighted by molar-refractivity contribution is -0.137. The third kappa shape index (κ3) is 19.4. The summed E-state index contributed by atoms with van der Waals surface area (Å²) in [6.07, 6.45) is 19.8. The van der Waals surface area contributed by atoms with E-state index in [1.54, 1.807) is 11.8 Å². The van der Waals surface area contributed by atoms with Crippen molar-refractivity contribution < 1.29 is 14.7 Å². The average molecular weight is 386 g/mol. The molecule has 5 heteroatoms. The van der Waals surface area contributed by atoms with Crippen LogP contribution >= 0.6 is 11.8 Å². The summed E-state index contributed by atoms with van der Waals surface area (Å²) in [5.41, 5.74) is 5.16. The molecule has 0 rings (SSSR count). The second-order valence-corrected chi connectivity index (χ2v) is 8.30. The zero-order valence-corrected chi connectivity index (χ0v) is 17.4. The van der Waals surface area contributed by atoms with Gasteiger partial charge in [0.05, 0.1) is 0 Å². The molecule has 0 aliphatic rings. The molecule has 152 valence electrons. The molecule has 3 N–H and O–H groups in total. The lowest BCUT2D eigenvalue weighted by atomic mass is 10.1. The Morgan fingerprint density at radius 2 is 1.54 bits per heavy atom. The van der Waals surface area contributed by atoms with Gasteiger partial charge < -0.3 is 10.8 Å². The van der Waals surface area contributed by atoms with Crippen molar-refractivity contribution in [2.24, 2.45) is 5.73 Å². The third-order valence-corrected chi connectivity index (χ3v) is 5.66. The molecule has 1 atom stereocenters. The van der Waals surface area contributed by atoms with Crippen LogP contribution < -0.4 is 5.73 Å². The molecule has 1 amide bonds. The number of carbonyl (C=O) groups excluding carboxylic acids is 1. The number of rotatable bonds is 19. The zero-order chi connectivity index (χ0) is 19.5. The molecule has 0 aromatic carbocycles. The van der Waals surface area contributed by atoms with Crippen LogP contribution in [0.2, 0.25) is 0 Å². The molecular formula is C21H39NO3S. The minimum absolute atomic E-state index is 0.161. The summed E-state index contributed by atoms with van der Waals surface area (Å²) in [4.78, 5) is 21.6. The lowest BCUT2D eigenvalue weighted by Crippen LogP contribution is -2.12. The average Bonchev–Trinajstić information content (AvgIpc) is 2.59. The van der Waals surface area contributed by atoms with Gasteiger partial charge >= 0.3 is 5.97 Å². The zero-order valence-electron chi connectivity index (χ0n) is 16.6. The molecule has 0 aliphatic carbocycles. The van der Waals surface area contributed by atoms with E-state index in [0.717, 1.165) is 6.42 Å². The predicted molar refractivity (Wildman–Crippen MR) is 113 cm³/mol. The lowest BCUT2D eigenvalue weighted by Gasteiger charge is -2.10. The smallest absolute Gasteiger partial charge is 0.303 e. The first kappa shape index (κ1) is 25.0. The maximum atomic E-state index is 10.8. The summed E-state index contributed by atoms with van der Waals surface area (Å²) in [5, 5.41) is 9.00. The van der Waals surface area contributed by atoms with Crippen molar-refractivity contribution in [1.82, 2.24) is 0 Å². The second-order valence-electron chi connectivity index (χ2n) is 6.96. The molecule has 0 aliphatic heterocycles. The van der Waals surface area contributed by atoms with E-state index in [2.05, 4.69) is 19.1 Å². The summed E-state index contributed by atoms with van der Waals surface area (Å²) in [5.74, 6) is -0.417. The molecule has 0 saturated heterocycles. The molecule has 0 aromatic rings. The van der Waals surface area contributed by atoms with E-state index in [4.69, 9.17) is 10.8 Å². The van der Waals surface area contributed by atoms with Gasteiger partial charge in [-0.05, 0) is 19.3 Å². The summed E-state index contributed by atoms with van der Waals surface area (Å²) in [6, 6.07) is 0. The van der Waals surface area contributed by atoms with E-state index in [9.17, 15) is 9.59 Å². The Bertz CT molecular complexity index is 385. The molecule has 0 fully saturated rings. The third-order valence-electron chi connectivity index (χ3n) is 4.40. The van der Waals surface area contributed by atoms with Crippen LogP contribution in [0.15, 0.2) is 12.2 Å². The Hall–Kier alpha value is -0.970. The number of carboxylic acids is 1. The van der Waals surface area contributed by atoms with Crippen molar-refractivity contribution >= 4 is 23.6 Å². The Kier molecular flexibility index (Phi) is 18.1. The van der Waals surface area contributed by atoms with Gasteiger partial charge in [0.25, 0.3) is 0 Å². The first-order chi connectivity index (χ1) is 12.6. The van der Waals surface area contributed by atoms with Crippen LogP contribution in [0.5, 0.6) is 0 Å². The quantitative estimate of drug-likeness (QED) is 0.221. The fraction of sp³-hybridized carbons (Fsp3) is 0.810. The fourth-order valence-electron chi connectivity index (χ4n) is 2.81. The number of nitrogens with two attached hydrogens (primary N) is 1. The van der Waals surface area contributed by atoms with Gasteiger partial charge in [0, 0.05) is 23.8 Å². The second kappa shape index (κ2) is 18.8. The minimum atomic E-state index is -0.770. The molecular weight excluding hydrogens is 346 g/mol. The standard InChI is InChI=1S/C21H39NO3S/c1-2-3-4-5-6-7-8-9-10-11-12-13-14-19(15-16-21(24)25)26-18-17-20(22)23/h13-14,19H,2-12,15-18H2,1H3,(H2,22,23)(H,24,25). The van der Waals surface area contributed by atoms with Crippen LogP contribution in [-0.2, 0) is 9.59 Å². The highest BCUT2D eigenvalue weighted by atomic mass is 32.2. The Morgan fingerprint density at radius 1 is 0.962 bits per heavy atom. The van der Waals surface area contributed by atoms with Crippen LogP contribution in [-0.4, -0.2) is 28.0 Å². The number of aliphatic carboxylic acids is 1. The van der Waals surface area contributed by atoms with E-state index >= 15 is 0 Å². The molecule has 1 unspecified atom stereocenters. The molecule has 0 bridgehead atoms. The minimum Gasteiger partial charge on any atom is -0.481 e. The molecule has 0 saturated carbocycles. The Labute approximate surface area is 164 Å². The SMILES string of the molecule is CCCCCCCCCCCCC=CC(CCC(=O)O)SCCC(N)=O. The van der Waals surface area contributed by atoms with Crippen LogP contribution in [0, 0.1) is 0 Å². The number of hydrogen-bond acceptors (Lipinski definition) is 3. The number of thioether (sulfide) groups is 1. The normalized spacial score (nSPS) is 12.5. The van der Waals surface area contributed by atoms with Gasteiger partial charge in [0.2, 0.25) is 5.91 Å². The van der Waals surface area contributed by atoms with Gasteiger partial charge in [0.1, 0.15) is 0 Å². The number of amides is 1. The molecule has 0 spiro atoms. The van der Waals surface area contributed by atoms with Crippen LogP contribution in [0.25, 0.3) is 0 Å². The van der Waals surface area contributed by atoms with E-state index in [1.807, 2.05) is 0 Å². The monoisotopic (exact) mass is 385 g/mol. The van der Waals surface area contributed by atoms with E-state index in [0.29, 0.717) is 18.6 Å². The van der Waals surface area contributed by atoms with E-state index in [1.165, 1.54) is 64.2 Å². The molecule has 26 heavy (non-hydrogen) atoms. The summed E-state index contributed by atoms with van der Waals surface area (Å²) >= 11 is 1.62. The highest BCUT2D eigenvalue weighted by Gasteiger charge is 2.09. The Morgan fingerprint density at radius 3 is 2.08 bits per heavy atom. The largest absolute Gasteiger partial charge is 0.481 e.